The normalized spacial score (nSPS) is 11.4. The number of nitrogens with zero attached hydrogens (tertiary/aromatic N) is 2. The summed E-state index contributed by atoms with van der Waals surface area (Å²) in [6, 6.07) is 22.4. The topological polar surface area (TPSA) is 69.7 Å². The molecule has 3 rings (SSSR count). The van der Waals surface area contributed by atoms with E-state index in [2.05, 4.69) is 5.32 Å². The lowest BCUT2D eigenvalue weighted by molar-refractivity contribution is -0.114. The van der Waals surface area contributed by atoms with Gasteiger partial charge in [-0.1, -0.05) is 30.3 Å². The fourth-order valence-electron chi connectivity index (χ4n) is 2.81. The largest absolute Gasteiger partial charge is 0.325 e. The van der Waals surface area contributed by atoms with Gasteiger partial charge in [0.1, 0.15) is 12.4 Å². The van der Waals surface area contributed by atoms with Crippen molar-refractivity contribution in [2.24, 2.45) is 0 Å². The average molecular weight is 474 g/mol. The van der Waals surface area contributed by atoms with E-state index in [-0.39, 0.29) is 5.69 Å². The molecular formula is C23H24FN3O3S2. The van der Waals surface area contributed by atoms with Crippen LogP contribution in [-0.2, 0) is 20.8 Å². The maximum atomic E-state index is 13.3. The molecule has 0 fully saturated rings. The van der Waals surface area contributed by atoms with Crippen LogP contribution in [0.1, 0.15) is 5.56 Å². The highest BCUT2D eigenvalue weighted by molar-refractivity contribution is 7.98. The van der Waals surface area contributed by atoms with Crippen LogP contribution in [0.15, 0.2) is 83.8 Å². The number of thioether (sulfide) groups is 1. The van der Waals surface area contributed by atoms with Crippen molar-refractivity contribution in [1.82, 2.24) is 4.31 Å². The van der Waals surface area contributed by atoms with E-state index in [1.807, 2.05) is 42.5 Å². The second-order valence-electron chi connectivity index (χ2n) is 7.12. The lowest BCUT2D eigenvalue weighted by atomic mass is 10.2. The molecular weight excluding hydrogens is 449 g/mol. The molecule has 0 aromatic heterocycles. The molecule has 0 radical (unpaired) electrons. The van der Waals surface area contributed by atoms with Gasteiger partial charge in [-0.3, -0.25) is 4.79 Å². The van der Waals surface area contributed by atoms with Gasteiger partial charge in [0, 0.05) is 30.4 Å². The Labute approximate surface area is 192 Å². The van der Waals surface area contributed by atoms with E-state index in [1.165, 1.54) is 31.1 Å². The second kappa shape index (κ2) is 10.6. The smallest absolute Gasteiger partial charge is 0.304 e. The zero-order chi connectivity index (χ0) is 23.1. The molecule has 1 amide bonds. The molecule has 1 N–H and O–H groups in total. The average Bonchev–Trinajstić information content (AvgIpc) is 2.78. The Kier molecular flexibility index (Phi) is 7.89. The van der Waals surface area contributed by atoms with Gasteiger partial charge in [0.2, 0.25) is 5.91 Å². The summed E-state index contributed by atoms with van der Waals surface area (Å²) < 4.78 is 40.6. The van der Waals surface area contributed by atoms with Crippen molar-refractivity contribution in [3.05, 3.63) is 90.2 Å². The lowest BCUT2D eigenvalue weighted by Gasteiger charge is -2.26. The summed E-state index contributed by atoms with van der Waals surface area (Å²) in [5.74, 6) is -0.213. The molecule has 0 spiro atoms. The molecule has 32 heavy (non-hydrogen) atoms. The van der Waals surface area contributed by atoms with Crippen LogP contribution >= 0.6 is 11.8 Å². The molecule has 0 aliphatic carbocycles. The molecule has 3 aromatic rings. The molecule has 0 aliphatic heterocycles. The molecule has 168 valence electrons. The van der Waals surface area contributed by atoms with Crippen molar-refractivity contribution in [3.8, 4) is 0 Å². The number of amides is 1. The van der Waals surface area contributed by atoms with E-state index in [0.717, 1.165) is 32.1 Å². The quantitative estimate of drug-likeness (QED) is 0.469. The van der Waals surface area contributed by atoms with Crippen LogP contribution in [0, 0.1) is 5.82 Å². The number of carbonyl (C=O) groups excluding carboxylic acids is 1. The van der Waals surface area contributed by atoms with E-state index in [4.69, 9.17) is 0 Å². The van der Waals surface area contributed by atoms with E-state index in [9.17, 15) is 17.6 Å². The fraction of sp³-hybridized carbons (Fsp3) is 0.174. The highest BCUT2D eigenvalue weighted by atomic mass is 32.2. The monoisotopic (exact) mass is 473 g/mol. The molecule has 0 saturated heterocycles. The predicted octanol–water partition coefficient (Wildman–Crippen LogP) is 4.37. The van der Waals surface area contributed by atoms with E-state index in [1.54, 1.807) is 23.9 Å². The maximum Gasteiger partial charge on any atom is 0.304 e. The van der Waals surface area contributed by atoms with Crippen LogP contribution < -0.4 is 9.62 Å². The first-order chi connectivity index (χ1) is 15.3. The summed E-state index contributed by atoms with van der Waals surface area (Å²) in [4.78, 5) is 13.8. The van der Waals surface area contributed by atoms with Crippen molar-refractivity contribution < 1.29 is 17.6 Å². The SMILES string of the molecule is CN(C)S(=O)(=O)N(CC(=O)Nc1ccc(CSc2ccccc2)cc1)c1ccc(F)cc1. The van der Waals surface area contributed by atoms with E-state index in [0.29, 0.717) is 5.69 Å². The summed E-state index contributed by atoms with van der Waals surface area (Å²) in [5.41, 5.74) is 1.85. The molecule has 9 heteroatoms. The van der Waals surface area contributed by atoms with Crippen molar-refractivity contribution in [2.45, 2.75) is 10.6 Å². The number of anilines is 2. The van der Waals surface area contributed by atoms with Crippen LogP contribution in [0.5, 0.6) is 0 Å². The molecule has 0 atom stereocenters. The van der Waals surface area contributed by atoms with Gasteiger partial charge in [-0.2, -0.15) is 12.7 Å². The predicted molar refractivity (Wildman–Crippen MR) is 127 cm³/mol. The Morgan fingerprint density at radius 3 is 2.16 bits per heavy atom. The highest BCUT2D eigenvalue weighted by Crippen LogP contribution is 2.23. The second-order valence-corrected chi connectivity index (χ2v) is 10.2. The fourth-order valence-corrected chi connectivity index (χ4v) is 4.75. The number of carbonyl (C=O) groups is 1. The van der Waals surface area contributed by atoms with Crippen LogP contribution in [0.4, 0.5) is 15.8 Å². The van der Waals surface area contributed by atoms with Crippen molar-refractivity contribution in [3.63, 3.8) is 0 Å². The molecule has 0 aliphatic rings. The maximum absolute atomic E-state index is 13.3. The van der Waals surface area contributed by atoms with Gasteiger partial charge in [-0.15, -0.1) is 11.8 Å². The zero-order valence-electron chi connectivity index (χ0n) is 17.7. The van der Waals surface area contributed by atoms with Crippen LogP contribution in [-0.4, -0.2) is 39.3 Å². The summed E-state index contributed by atoms with van der Waals surface area (Å²) in [6.07, 6.45) is 0. The van der Waals surface area contributed by atoms with Gasteiger partial charge in [0.15, 0.2) is 0 Å². The van der Waals surface area contributed by atoms with Gasteiger partial charge < -0.3 is 5.32 Å². The number of halogens is 1. The van der Waals surface area contributed by atoms with Crippen molar-refractivity contribution >= 4 is 39.3 Å². The molecule has 0 unspecified atom stereocenters. The standard InChI is InChI=1S/C23H24FN3O3S2/c1-26(2)32(29,30)27(21-14-10-19(24)11-15-21)16-23(28)25-20-12-8-18(9-13-20)17-31-22-6-4-3-5-7-22/h3-15H,16-17H2,1-2H3,(H,25,28). The van der Waals surface area contributed by atoms with Crippen molar-refractivity contribution in [1.29, 1.82) is 0 Å². The van der Waals surface area contributed by atoms with Gasteiger partial charge in [-0.25, -0.2) is 8.70 Å². The van der Waals surface area contributed by atoms with Gasteiger partial charge in [0.05, 0.1) is 5.69 Å². The Morgan fingerprint density at radius 1 is 0.938 bits per heavy atom. The van der Waals surface area contributed by atoms with E-state index >= 15 is 0 Å². The molecule has 0 heterocycles. The number of benzene rings is 3. The van der Waals surface area contributed by atoms with Gasteiger partial charge >= 0.3 is 10.2 Å². The Morgan fingerprint density at radius 2 is 1.56 bits per heavy atom. The molecule has 0 saturated carbocycles. The summed E-state index contributed by atoms with van der Waals surface area (Å²) in [6.45, 7) is -0.447. The Balaban J connectivity index is 1.66. The summed E-state index contributed by atoms with van der Waals surface area (Å²) >= 11 is 1.71. The van der Waals surface area contributed by atoms with Crippen LogP contribution in [0.2, 0.25) is 0 Å². The van der Waals surface area contributed by atoms with Gasteiger partial charge in [-0.05, 0) is 54.1 Å². The van der Waals surface area contributed by atoms with Gasteiger partial charge in [0.25, 0.3) is 0 Å². The minimum atomic E-state index is -3.95. The summed E-state index contributed by atoms with van der Waals surface area (Å²) in [7, 11) is -1.21. The first kappa shape index (κ1) is 23.8. The lowest BCUT2D eigenvalue weighted by Crippen LogP contribution is -2.44. The highest BCUT2D eigenvalue weighted by Gasteiger charge is 2.27. The number of hydrogen-bond donors (Lipinski definition) is 1. The number of rotatable bonds is 9. The Hall–Kier alpha value is -2.88. The molecule has 0 bridgehead atoms. The van der Waals surface area contributed by atoms with E-state index < -0.39 is 28.5 Å². The zero-order valence-corrected chi connectivity index (χ0v) is 19.4. The minimum Gasteiger partial charge on any atom is -0.325 e. The number of hydrogen-bond acceptors (Lipinski definition) is 4. The third-order valence-electron chi connectivity index (χ3n) is 4.53. The first-order valence-corrected chi connectivity index (χ1v) is 12.2. The van der Waals surface area contributed by atoms with Crippen LogP contribution in [0.25, 0.3) is 0 Å². The van der Waals surface area contributed by atoms with Crippen molar-refractivity contribution in [2.75, 3.05) is 30.3 Å². The number of nitrogens with one attached hydrogen (secondary N) is 1. The third kappa shape index (κ3) is 6.32. The van der Waals surface area contributed by atoms with Crippen LogP contribution in [0.3, 0.4) is 0 Å². The third-order valence-corrected chi connectivity index (χ3v) is 7.43. The molecule has 3 aromatic carbocycles. The first-order valence-electron chi connectivity index (χ1n) is 9.78. The Bertz CT molecular complexity index is 1140. The summed E-state index contributed by atoms with van der Waals surface area (Å²) in [5, 5.41) is 2.72. The minimum absolute atomic E-state index is 0.198. The molecule has 6 nitrogen and oxygen atoms in total.